The molecule has 0 radical (unpaired) electrons. The molecule has 2 aliphatic rings. The first-order valence-corrected chi connectivity index (χ1v) is 11.2. The van der Waals surface area contributed by atoms with E-state index in [2.05, 4.69) is 26.9 Å². The molecule has 0 saturated carbocycles. The minimum Gasteiger partial charge on any atom is -0.497 e. The second kappa shape index (κ2) is 8.84. The molecule has 1 fully saturated rings. The van der Waals surface area contributed by atoms with Gasteiger partial charge in [0, 0.05) is 44.5 Å². The summed E-state index contributed by atoms with van der Waals surface area (Å²) >= 11 is 5.46. The summed E-state index contributed by atoms with van der Waals surface area (Å²) in [6, 6.07) is 11.7. The lowest BCUT2D eigenvalue weighted by molar-refractivity contribution is 0.174. The van der Waals surface area contributed by atoms with Crippen molar-refractivity contribution in [1.29, 1.82) is 0 Å². The van der Waals surface area contributed by atoms with Crippen LogP contribution >= 0.6 is 12.2 Å². The number of nitrogens with zero attached hydrogens (tertiary/aromatic N) is 3. The topological polar surface area (TPSA) is 72.0 Å². The number of aromatic amines is 1. The Bertz CT molecular complexity index is 1230. The molecule has 5 rings (SSSR count). The van der Waals surface area contributed by atoms with Gasteiger partial charge in [-0.05, 0) is 55.5 Å². The predicted molar refractivity (Wildman–Crippen MR) is 126 cm³/mol. The van der Waals surface area contributed by atoms with Crippen LogP contribution in [0.5, 0.6) is 17.2 Å². The smallest absolute Gasteiger partial charge is 0.262 e. The van der Waals surface area contributed by atoms with Gasteiger partial charge in [0.2, 0.25) is 6.79 Å². The van der Waals surface area contributed by atoms with Crippen LogP contribution in [0, 0.1) is 4.77 Å². The van der Waals surface area contributed by atoms with E-state index in [4.69, 9.17) is 26.4 Å². The number of anilines is 1. The van der Waals surface area contributed by atoms with Crippen LogP contribution in [0.3, 0.4) is 0 Å². The van der Waals surface area contributed by atoms with E-state index in [1.165, 1.54) is 5.69 Å². The van der Waals surface area contributed by atoms with Crippen LogP contribution in [0.2, 0.25) is 0 Å². The van der Waals surface area contributed by atoms with Crippen molar-refractivity contribution in [1.82, 2.24) is 14.5 Å². The van der Waals surface area contributed by atoms with Crippen molar-refractivity contribution < 1.29 is 14.2 Å². The molecule has 0 bridgehead atoms. The Morgan fingerprint density at radius 2 is 1.75 bits per heavy atom. The van der Waals surface area contributed by atoms with E-state index in [-0.39, 0.29) is 12.4 Å². The first kappa shape index (κ1) is 20.8. The highest BCUT2D eigenvalue weighted by Gasteiger charge is 2.19. The fourth-order valence-electron chi connectivity index (χ4n) is 4.32. The molecule has 3 heterocycles. The van der Waals surface area contributed by atoms with Crippen molar-refractivity contribution in [2.24, 2.45) is 0 Å². The fraction of sp³-hybridized carbons (Fsp3) is 0.391. The van der Waals surface area contributed by atoms with E-state index >= 15 is 0 Å². The van der Waals surface area contributed by atoms with Gasteiger partial charge in [-0.15, -0.1) is 0 Å². The number of hydrogen-bond donors (Lipinski definition) is 1. The molecule has 2 aromatic carbocycles. The fourth-order valence-corrected chi connectivity index (χ4v) is 4.61. The number of fused-ring (bicyclic) bond motifs is 2. The van der Waals surface area contributed by atoms with Gasteiger partial charge in [0.25, 0.3) is 5.56 Å². The van der Waals surface area contributed by atoms with Gasteiger partial charge in [0.1, 0.15) is 5.75 Å². The number of nitrogens with one attached hydrogen (secondary N) is 1. The summed E-state index contributed by atoms with van der Waals surface area (Å²) in [4.78, 5) is 21.0. The molecule has 0 atom stereocenters. The Balaban J connectivity index is 1.19. The van der Waals surface area contributed by atoms with Crippen LogP contribution in [0.4, 0.5) is 5.69 Å². The van der Waals surface area contributed by atoms with Crippen LogP contribution in [0.25, 0.3) is 10.9 Å². The van der Waals surface area contributed by atoms with Crippen molar-refractivity contribution in [2.75, 3.05) is 51.5 Å². The van der Waals surface area contributed by atoms with Crippen molar-refractivity contribution in [3.63, 3.8) is 0 Å². The number of rotatable bonds is 6. The van der Waals surface area contributed by atoms with E-state index in [0.29, 0.717) is 33.7 Å². The Morgan fingerprint density at radius 3 is 2.47 bits per heavy atom. The first-order chi connectivity index (χ1) is 15.6. The molecule has 1 N–H and O–H groups in total. The van der Waals surface area contributed by atoms with Crippen LogP contribution in [-0.2, 0) is 6.54 Å². The molecule has 0 spiro atoms. The van der Waals surface area contributed by atoms with Gasteiger partial charge in [-0.2, -0.15) is 0 Å². The van der Waals surface area contributed by atoms with Gasteiger partial charge in [-0.3, -0.25) is 14.3 Å². The van der Waals surface area contributed by atoms with Gasteiger partial charge in [0.15, 0.2) is 16.3 Å². The van der Waals surface area contributed by atoms with Gasteiger partial charge in [-0.25, -0.2) is 0 Å². The number of H-pyrrole nitrogens is 1. The third-order valence-corrected chi connectivity index (χ3v) is 6.46. The van der Waals surface area contributed by atoms with E-state index in [1.54, 1.807) is 23.8 Å². The summed E-state index contributed by atoms with van der Waals surface area (Å²) in [6.45, 7) is 5.63. The van der Waals surface area contributed by atoms with E-state index in [0.717, 1.165) is 44.9 Å². The molecule has 0 unspecified atom stereocenters. The first-order valence-electron chi connectivity index (χ1n) is 10.8. The van der Waals surface area contributed by atoms with Crippen molar-refractivity contribution in [3.8, 4) is 17.2 Å². The largest absolute Gasteiger partial charge is 0.497 e. The third kappa shape index (κ3) is 4.05. The number of hydrogen-bond acceptors (Lipinski definition) is 7. The predicted octanol–water partition coefficient (Wildman–Crippen LogP) is 3.01. The average Bonchev–Trinajstić information content (AvgIpc) is 3.28. The lowest BCUT2D eigenvalue weighted by atomic mass is 10.2. The maximum Gasteiger partial charge on any atom is 0.262 e. The maximum atomic E-state index is 13.0. The number of methoxy groups -OCH3 is 1. The minimum absolute atomic E-state index is 0.0913. The molecule has 8 nitrogen and oxygen atoms in total. The summed E-state index contributed by atoms with van der Waals surface area (Å²) in [5.41, 5.74) is 1.81. The second-order valence-corrected chi connectivity index (χ2v) is 8.40. The molecular formula is C23H26N4O4S. The lowest BCUT2D eigenvalue weighted by Crippen LogP contribution is -2.46. The molecule has 32 heavy (non-hydrogen) atoms. The average molecular weight is 455 g/mol. The molecule has 0 aliphatic carbocycles. The van der Waals surface area contributed by atoms with Crippen LogP contribution in [-0.4, -0.2) is 61.1 Å². The van der Waals surface area contributed by atoms with Gasteiger partial charge in [0.05, 0.1) is 18.0 Å². The molecule has 168 valence electrons. The molecule has 1 aromatic heterocycles. The van der Waals surface area contributed by atoms with Gasteiger partial charge in [-0.1, -0.05) is 0 Å². The van der Waals surface area contributed by atoms with Gasteiger partial charge >= 0.3 is 0 Å². The summed E-state index contributed by atoms with van der Waals surface area (Å²) in [7, 11) is 1.68. The zero-order valence-electron chi connectivity index (χ0n) is 18.0. The standard InChI is InChI=1S/C23H26N4O4S/c1-29-17-5-3-16(4-6-17)26-11-9-25(10-12-26)7-2-8-27-22(28)18-13-20-21(31-15-30-20)14-19(18)24-23(27)32/h3-6,13-14H,2,7-12,15H2,1H3,(H,24,32). The second-order valence-electron chi connectivity index (χ2n) is 8.02. The summed E-state index contributed by atoms with van der Waals surface area (Å²) in [6.07, 6.45) is 0.857. The van der Waals surface area contributed by atoms with E-state index in [1.807, 2.05) is 12.1 Å². The van der Waals surface area contributed by atoms with E-state index in [9.17, 15) is 4.79 Å². The Hall–Kier alpha value is -3.04. The van der Waals surface area contributed by atoms with Crippen molar-refractivity contribution in [2.45, 2.75) is 13.0 Å². The third-order valence-electron chi connectivity index (χ3n) is 6.14. The quantitative estimate of drug-likeness (QED) is 0.574. The highest BCUT2D eigenvalue weighted by molar-refractivity contribution is 7.71. The molecule has 0 amide bonds. The number of ether oxygens (including phenoxy) is 3. The van der Waals surface area contributed by atoms with Crippen LogP contribution in [0.1, 0.15) is 6.42 Å². The molecule has 3 aromatic rings. The number of aromatic nitrogens is 2. The maximum absolute atomic E-state index is 13.0. The minimum atomic E-state index is -0.0913. The zero-order chi connectivity index (χ0) is 22.1. The van der Waals surface area contributed by atoms with Gasteiger partial charge < -0.3 is 24.1 Å². The summed E-state index contributed by atoms with van der Waals surface area (Å²) in [5, 5.41) is 0.566. The summed E-state index contributed by atoms with van der Waals surface area (Å²) in [5.74, 6) is 2.11. The Kier molecular flexibility index (Phi) is 5.75. The van der Waals surface area contributed by atoms with Crippen molar-refractivity contribution in [3.05, 3.63) is 51.5 Å². The zero-order valence-corrected chi connectivity index (χ0v) is 18.8. The van der Waals surface area contributed by atoms with Crippen LogP contribution < -0.4 is 24.7 Å². The normalized spacial score (nSPS) is 16.0. The number of piperazine rings is 1. The molecular weight excluding hydrogens is 428 g/mol. The SMILES string of the molecule is COc1ccc(N2CCN(CCCn3c(=S)[nH]c4cc5c(cc4c3=O)OCO5)CC2)cc1. The van der Waals surface area contributed by atoms with E-state index < -0.39 is 0 Å². The Labute approximate surface area is 190 Å². The monoisotopic (exact) mass is 454 g/mol. The Morgan fingerprint density at radius 1 is 1.03 bits per heavy atom. The molecule has 9 heteroatoms. The molecule has 2 aliphatic heterocycles. The highest BCUT2D eigenvalue weighted by Crippen LogP contribution is 2.34. The molecule has 1 saturated heterocycles. The lowest BCUT2D eigenvalue weighted by Gasteiger charge is -2.36. The number of benzene rings is 2. The van der Waals surface area contributed by atoms with Crippen molar-refractivity contribution >= 4 is 28.8 Å². The van der Waals surface area contributed by atoms with Crippen LogP contribution in [0.15, 0.2) is 41.2 Å². The highest BCUT2D eigenvalue weighted by atomic mass is 32.1. The summed E-state index contributed by atoms with van der Waals surface area (Å²) < 4.78 is 18.1.